The van der Waals surface area contributed by atoms with Crippen molar-refractivity contribution in [2.24, 2.45) is 11.8 Å². The van der Waals surface area contributed by atoms with E-state index in [1.807, 2.05) is 0 Å². The van der Waals surface area contributed by atoms with E-state index >= 15 is 0 Å². The molecular formula is C29H37N3O3. The van der Waals surface area contributed by atoms with Crippen molar-refractivity contribution < 1.29 is 14.3 Å². The van der Waals surface area contributed by atoms with Gasteiger partial charge in [0.2, 0.25) is 5.91 Å². The first-order chi connectivity index (χ1) is 17.2. The number of carbonyl (C=O) groups excluding carboxylic acids is 1. The van der Waals surface area contributed by atoms with E-state index in [9.17, 15) is 4.79 Å². The largest absolute Gasteiger partial charge is 0.493 e. The molecule has 0 bridgehead atoms. The van der Waals surface area contributed by atoms with Gasteiger partial charge in [-0.1, -0.05) is 24.3 Å². The molecule has 0 saturated carbocycles. The number of amides is 1. The number of likely N-dealkylation sites (tertiary alicyclic amines) is 1. The van der Waals surface area contributed by atoms with Crippen molar-refractivity contribution in [2.45, 2.75) is 38.6 Å². The van der Waals surface area contributed by atoms with Crippen molar-refractivity contribution in [1.82, 2.24) is 15.2 Å². The molecule has 35 heavy (non-hydrogen) atoms. The number of aromatic amines is 1. The van der Waals surface area contributed by atoms with Crippen LogP contribution in [0.5, 0.6) is 5.75 Å². The molecule has 2 atom stereocenters. The van der Waals surface area contributed by atoms with Crippen LogP contribution in [-0.4, -0.2) is 55.7 Å². The molecule has 0 unspecified atom stereocenters. The van der Waals surface area contributed by atoms with E-state index in [4.69, 9.17) is 9.47 Å². The standard InChI is InChI=1S/C29H37N3O3/c1-34-13-5-12-30-29(33)24-14-21(20-35-26-11-10-22-6-4-7-23(22)15-26)17-32(18-24)19-25-16-31-28-9-3-2-8-27(25)28/h2-3,8-11,15-16,21,24,31H,4-7,12-14,17-20H2,1H3,(H,30,33)/t21-,24+/m0/s1. The Balaban J connectivity index is 1.25. The van der Waals surface area contributed by atoms with Crippen LogP contribution in [-0.2, 0) is 28.9 Å². The first-order valence-corrected chi connectivity index (χ1v) is 13.0. The van der Waals surface area contributed by atoms with Crippen molar-refractivity contribution >= 4 is 16.8 Å². The Labute approximate surface area is 208 Å². The quantitative estimate of drug-likeness (QED) is 0.429. The minimum Gasteiger partial charge on any atom is -0.493 e. The Morgan fingerprint density at radius 2 is 2.03 bits per heavy atom. The Morgan fingerprint density at radius 1 is 1.14 bits per heavy atom. The number of fused-ring (bicyclic) bond motifs is 2. The smallest absolute Gasteiger partial charge is 0.224 e. The number of hydrogen-bond acceptors (Lipinski definition) is 4. The minimum absolute atomic E-state index is 0.0369. The van der Waals surface area contributed by atoms with Gasteiger partial charge in [-0.15, -0.1) is 0 Å². The summed E-state index contributed by atoms with van der Waals surface area (Å²) in [6, 6.07) is 15.0. The number of benzene rings is 2. The molecule has 1 aliphatic heterocycles. The Bertz CT molecular complexity index is 1140. The molecule has 186 valence electrons. The second kappa shape index (κ2) is 11.3. The average molecular weight is 476 g/mol. The Morgan fingerprint density at radius 3 is 2.94 bits per heavy atom. The fourth-order valence-electron chi connectivity index (χ4n) is 5.67. The molecule has 6 nitrogen and oxygen atoms in total. The van der Waals surface area contributed by atoms with Gasteiger partial charge in [-0.3, -0.25) is 9.69 Å². The number of hydrogen-bond donors (Lipinski definition) is 2. The molecule has 6 heteroatoms. The van der Waals surface area contributed by atoms with E-state index < -0.39 is 0 Å². The van der Waals surface area contributed by atoms with Gasteiger partial charge >= 0.3 is 0 Å². The molecule has 3 aromatic rings. The molecule has 0 spiro atoms. The summed E-state index contributed by atoms with van der Waals surface area (Å²) in [6.45, 7) is 4.48. The molecule has 1 aromatic heterocycles. The van der Waals surface area contributed by atoms with Crippen LogP contribution in [0.25, 0.3) is 10.9 Å². The number of aryl methyl sites for hydroxylation is 2. The Hall–Kier alpha value is -2.83. The van der Waals surface area contributed by atoms with E-state index in [0.29, 0.717) is 25.7 Å². The second-order valence-electron chi connectivity index (χ2n) is 10.1. The predicted octanol–water partition coefficient (Wildman–Crippen LogP) is 4.33. The maximum Gasteiger partial charge on any atom is 0.224 e. The van der Waals surface area contributed by atoms with Crippen molar-refractivity contribution in [3.05, 3.63) is 65.4 Å². The van der Waals surface area contributed by atoms with Crippen molar-refractivity contribution in [1.29, 1.82) is 0 Å². The molecule has 0 radical (unpaired) electrons. The lowest BCUT2D eigenvalue weighted by molar-refractivity contribution is -0.127. The highest BCUT2D eigenvalue weighted by molar-refractivity contribution is 5.83. The number of piperidine rings is 1. The summed E-state index contributed by atoms with van der Waals surface area (Å²) in [5, 5.41) is 4.38. The zero-order valence-electron chi connectivity index (χ0n) is 20.7. The molecule has 2 aromatic carbocycles. The first kappa shape index (κ1) is 23.9. The summed E-state index contributed by atoms with van der Waals surface area (Å²) < 4.78 is 11.4. The van der Waals surface area contributed by atoms with Gasteiger partial charge in [-0.2, -0.15) is 0 Å². The van der Waals surface area contributed by atoms with E-state index in [0.717, 1.165) is 50.2 Å². The maximum atomic E-state index is 13.0. The number of nitrogens with zero attached hydrogens (tertiary/aromatic N) is 1. The van der Waals surface area contributed by atoms with Gasteiger partial charge in [0, 0.05) is 62.9 Å². The summed E-state index contributed by atoms with van der Waals surface area (Å²) >= 11 is 0. The maximum absolute atomic E-state index is 13.0. The summed E-state index contributed by atoms with van der Waals surface area (Å²) in [5.41, 5.74) is 5.33. The highest BCUT2D eigenvalue weighted by atomic mass is 16.5. The molecule has 2 heterocycles. The van der Waals surface area contributed by atoms with E-state index in [2.05, 4.69) is 63.9 Å². The lowest BCUT2D eigenvalue weighted by atomic mass is 9.88. The van der Waals surface area contributed by atoms with Gasteiger partial charge in [0.15, 0.2) is 0 Å². The third kappa shape index (κ3) is 5.88. The van der Waals surface area contributed by atoms with Crippen LogP contribution in [0.4, 0.5) is 0 Å². The van der Waals surface area contributed by atoms with Gasteiger partial charge in [0.1, 0.15) is 5.75 Å². The van der Waals surface area contributed by atoms with Crippen molar-refractivity contribution in [2.75, 3.05) is 40.0 Å². The monoisotopic (exact) mass is 475 g/mol. The number of para-hydroxylation sites is 1. The molecule has 1 fully saturated rings. The molecule has 1 amide bonds. The molecule has 5 rings (SSSR count). The van der Waals surface area contributed by atoms with Gasteiger partial charge in [-0.25, -0.2) is 0 Å². The van der Waals surface area contributed by atoms with Gasteiger partial charge in [-0.05, 0) is 67.0 Å². The topological polar surface area (TPSA) is 66.6 Å². The number of H-pyrrole nitrogens is 1. The van der Waals surface area contributed by atoms with Crippen molar-refractivity contribution in [3.8, 4) is 5.75 Å². The highest BCUT2D eigenvalue weighted by Gasteiger charge is 2.32. The summed E-state index contributed by atoms with van der Waals surface area (Å²) in [6.07, 6.45) is 7.37. The van der Waals surface area contributed by atoms with Gasteiger partial charge < -0.3 is 19.8 Å². The molecule has 1 saturated heterocycles. The van der Waals surface area contributed by atoms with Crippen LogP contribution in [0.15, 0.2) is 48.7 Å². The van der Waals surface area contributed by atoms with Crippen molar-refractivity contribution in [3.63, 3.8) is 0 Å². The highest BCUT2D eigenvalue weighted by Crippen LogP contribution is 2.29. The molecule has 2 aliphatic rings. The Kier molecular flexibility index (Phi) is 7.69. The van der Waals surface area contributed by atoms with Crippen LogP contribution in [0.3, 0.4) is 0 Å². The number of aromatic nitrogens is 1. The average Bonchev–Trinajstić information content (AvgIpc) is 3.52. The second-order valence-corrected chi connectivity index (χ2v) is 10.1. The van der Waals surface area contributed by atoms with E-state index in [1.165, 1.54) is 34.9 Å². The molecule has 2 N–H and O–H groups in total. The lowest BCUT2D eigenvalue weighted by Gasteiger charge is -2.37. The number of ether oxygens (including phenoxy) is 2. The molecule has 1 aliphatic carbocycles. The SMILES string of the molecule is COCCCNC(=O)[C@@H]1C[C@H](COc2ccc3c(c2)CCC3)CN(Cc2c[nH]c3ccccc23)C1. The van der Waals surface area contributed by atoms with E-state index in [1.54, 1.807) is 7.11 Å². The zero-order valence-corrected chi connectivity index (χ0v) is 20.7. The summed E-state index contributed by atoms with van der Waals surface area (Å²) in [5.74, 6) is 1.37. The number of rotatable bonds is 10. The first-order valence-electron chi connectivity index (χ1n) is 13.0. The van der Waals surface area contributed by atoms with Gasteiger partial charge in [0.25, 0.3) is 0 Å². The normalized spacial score (nSPS) is 20.1. The fourth-order valence-corrected chi connectivity index (χ4v) is 5.67. The van der Waals surface area contributed by atoms with E-state index in [-0.39, 0.29) is 11.8 Å². The predicted molar refractivity (Wildman–Crippen MR) is 139 cm³/mol. The fraction of sp³-hybridized carbons (Fsp3) is 0.483. The van der Waals surface area contributed by atoms with Crippen LogP contribution in [0, 0.1) is 11.8 Å². The van der Waals surface area contributed by atoms with Gasteiger partial charge in [0.05, 0.1) is 12.5 Å². The summed E-state index contributed by atoms with van der Waals surface area (Å²) in [4.78, 5) is 18.9. The molecular weight excluding hydrogens is 438 g/mol. The minimum atomic E-state index is -0.0369. The number of carbonyl (C=O) groups is 1. The van der Waals surface area contributed by atoms with Crippen LogP contribution >= 0.6 is 0 Å². The third-order valence-electron chi connectivity index (χ3n) is 7.43. The number of methoxy groups -OCH3 is 1. The van der Waals surface area contributed by atoms with Crippen LogP contribution < -0.4 is 10.1 Å². The lowest BCUT2D eigenvalue weighted by Crippen LogP contribution is -2.47. The zero-order chi connectivity index (χ0) is 24.0. The van der Waals surface area contributed by atoms with Crippen LogP contribution in [0.2, 0.25) is 0 Å². The summed E-state index contributed by atoms with van der Waals surface area (Å²) in [7, 11) is 1.69. The van der Waals surface area contributed by atoms with Crippen LogP contribution in [0.1, 0.15) is 36.0 Å². The number of nitrogens with one attached hydrogen (secondary N) is 2. The third-order valence-corrected chi connectivity index (χ3v) is 7.43.